The minimum absolute atomic E-state index is 0.0857. The summed E-state index contributed by atoms with van der Waals surface area (Å²) in [6.45, 7) is 1.88. The van der Waals surface area contributed by atoms with Gasteiger partial charge in [-0.3, -0.25) is 9.59 Å². The highest BCUT2D eigenvalue weighted by atomic mass is 16.5. The SMILES string of the molecule is COCC(=O)N[C@@H](Cc1cccc(C)c1)C(N)=O. The van der Waals surface area contributed by atoms with Gasteiger partial charge in [0.2, 0.25) is 11.8 Å². The van der Waals surface area contributed by atoms with Crippen molar-refractivity contribution in [2.45, 2.75) is 19.4 Å². The largest absolute Gasteiger partial charge is 0.375 e. The van der Waals surface area contributed by atoms with E-state index in [0.717, 1.165) is 11.1 Å². The highest BCUT2D eigenvalue weighted by Crippen LogP contribution is 2.06. The lowest BCUT2D eigenvalue weighted by atomic mass is 10.0. The molecule has 0 aliphatic carbocycles. The zero-order valence-electron chi connectivity index (χ0n) is 10.6. The number of amides is 2. The molecule has 1 atom stereocenters. The summed E-state index contributed by atoms with van der Waals surface area (Å²) >= 11 is 0. The number of carbonyl (C=O) groups is 2. The summed E-state index contributed by atoms with van der Waals surface area (Å²) in [5.41, 5.74) is 7.32. The van der Waals surface area contributed by atoms with E-state index in [4.69, 9.17) is 5.73 Å². The van der Waals surface area contributed by atoms with Crippen molar-refractivity contribution in [3.8, 4) is 0 Å². The first-order chi connectivity index (χ1) is 8.52. The molecule has 18 heavy (non-hydrogen) atoms. The number of carbonyl (C=O) groups excluding carboxylic acids is 2. The molecule has 3 N–H and O–H groups in total. The number of nitrogens with one attached hydrogen (secondary N) is 1. The zero-order chi connectivity index (χ0) is 13.5. The van der Waals surface area contributed by atoms with E-state index in [9.17, 15) is 9.59 Å². The summed E-state index contributed by atoms with van der Waals surface area (Å²) in [5.74, 6) is -0.907. The Morgan fingerprint density at radius 1 is 1.44 bits per heavy atom. The van der Waals surface area contributed by atoms with Crippen LogP contribution in [0.25, 0.3) is 0 Å². The molecule has 0 aliphatic rings. The number of rotatable bonds is 6. The van der Waals surface area contributed by atoms with E-state index in [1.165, 1.54) is 7.11 Å². The third kappa shape index (κ3) is 4.55. The van der Waals surface area contributed by atoms with Crippen molar-refractivity contribution < 1.29 is 14.3 Å². The van der Waals surface area contributed by atoms with Gasteiger partial charge < -0.3 is 15.8 Å². The topological polar surface area (TPSA) is 81.4 Å². The van der Waals surface area contributed by atoms with Crippen LogP contribution in [0.1, 0.15) is 11.1 Å². The highest BCUT2D eigenvalue weighted by Gasteiger charge is 2.18. The van der Waals surface area contributed by atoms with E-state index in [-0.39, 0.29) is 12.5 Å². The van der Waals surface area contributed by atoms with E-state index < -0.39 is 11.9 Å². The van der Waals surface area contributed by atoms with Crippen molar-refractivity contribution in [1.82, 2.24) is 5.32 Å². The molecule has 0 aliphatic heterocycles. The molecule has 0 fully saturated rings. The van der Waals surface area contributed by atoms with Gasteiger partial charge in [-0.15, -0.1) is 0 Å². The number of hydrogen-bond acceptors (Lipinski definition) is 3. The van der Waals surface area contributed by atoms with Crippen molar-refractivity contribution >= 4 is 11.8 Å². The summed E-state index contributed by atoms with van der Waals surface area (Å²) < 4.78 is 4.69. The molecule has 0 unspecified atom stereocenters. The lowest BCUT2D eigenvalue weighted by molar-refractivity contribution is -0.129. The van der Waals surface area contributed by atoms with Gasteiger partial charge in [0.15, 0.2) is 0 Å². The first kappa shape index (κ1) is 14.2. The number of aryl methyl sites for hydroxylation is 1. The molecular weight excluding hydrogens is 232 g/mol. The summed E-state index contributed by atoms with van der Waals surface area (Å²) in [5, 5.41) is 2.55. The summed E-state index contributed by atoms with van der Waals surface area (Å²) in [6, 6.07) is 7.00. The van der Waals surface area contributed by atoms with Gasteiger partial charge in [0.1, 0.15) is 12.6 Å². The lowest BCUT2D eigenvalue weighted by Gasteiger charge is -2.15. The Bertz CT molecular complexity index is 432. The van der Waals surface area contributed by atoms with E-state index in [1.54, 1.807) is 0 Å². The van der Waals surface area contributed by atoms with Crippen molar-refractivity contribution in [1.29, 1.82) is 0 Å². The summed E-state index contributed by atoms with van der Waals surface area (Å²) in [4.78, 5) is 22.7. The summed E-state index contributed by atoms with van der Waals surface area (Å²) in [7, 11) is 1.42. The van der Waals surface area contributed by atoms with Crippen molar-refractivity contribution in [2.75, 3.05) is 13.7 Å². The van der Waals surface area contributed by atoms with Crippen LogP contribution in [0.2, 0.25) is 0 Å². The van der Waals surface area contributed by atoms with Gasteiger partial charge in [0.25, 0.3) is 0 Å². The Balaban J connectivity index is 2.69. The molecule has 2 amide bonds. The second kappa shape index (κ2) is 6.76. The van der Waals surface area contributed by atoms with Crippen LogP contribution in [-0.2, 0) is 20.7 Å². The Hall–Kier alpha value is -1.88. The van der Waals surface area contributed by atoms with E-state index in [0.29, 0.717) is 6.42 Å². The molecule has 1 rings (SSSR count). The van der Waals surface area contributed by atoms with Crippen LogP contribution >= 0.6 is 0 Å². The molecule has 0 spiro atoms. The number of nitrogens with two attached hydrogens (primary N) is 1. The maximum Gasteiger partial charge on any atom is 0.246 e. The Labute approximate surface area is 106 Å². The summed E-state index contributed by atoms with van der Waals surface area (Å²) in [6.07, 6.45) is 0.381. The molecule has 0 radical (unpaired) electrons. The van der Waals surface area contributed by atoms with Crippen LogP contribution in [0.4, 0.5) is 0 Å². The number of primary amides is 1. The van der Waals surface area contributed by atoms with Crippen LogP contribution < -0.4 is 11.1 Å². The molecule has 98 valence electrons. The predicted octanol–water partition coefficient (Wildman–Crippen LogP) is 0.154. The minimum Gasteiger partial charge on any atom is -0.375 e. The van der Waals surface area contributed by atoms with Gasteiger partial charge in [-0.1, -0.05) is 29.8 Å². The molecule has 1 aromatic rings. The van der Waals surface area contributed by atoms with Crippen molar-refractivity contribution in [3.63, 3.8) is 0 Å². The first-order valence-corrected chi connectivity index (χ1v) is 5.66. The Kier molecular flexibility index (Phi) is 5.32. The fraction of sp³-hybridized carbons (Fsp3) is 0.385. The van der Waals surface area contributed by atoms with Gasteiger partial charge in [-0.25, -0.2) is 0 Å². The molecule has 0 heterocycles. The highest BCUT2D eigenvalue weighted by molar-refractivity contribution is 5.87. The number of methoxy groups -OCH3 is 1. The average Bonchev–Trinajstić information content (AvgIpc) is 2.28. The second-order valence-corrected chi connectivity index (χ2v) is 4.15. The van der Waals surface area contributed by atoms with Gasteiger partial charge in [0.05, 0.1) is 0 Å². The molecule has 1 aromatic carbocycles. The van der Waals surface area contributed by atoms with E-state index in [2.05, 4.69) is 10.1 Å². The van der Waals surface area contributed by atoms with Gasteiger partial charge in [-0.2, -0.15) is 0 Å². The first-order valence-electron chi connectivity index (χ1n) is 5.66. The maximum absolute atomic E-state index is 11.4. The second-order valence-electron chi connectivity index (χ2n) is 4.15. The molecule has 5 nitrogen and oxygen atoms in total. The van der Waals surface area contributed by atoms with Crippen LogP contribution in [0.15, 0.2) is 24.3 Å². The van der Waals surface area contributed by atoms with Crippen LogP contribution in [0.3, 0.4) is 0 Å². The van der Waals surface area contributed by atoms with E-state index >= 15 is 0 Å². The Morgan fingerprint density at radius 3 is 2.72 bits per heavy atom. The molecule has 0 saturated heterocycles. The maximum atomic E-state index is 11.4. The molecule has 0 aromatic heterocycles. The molecule has 0 bridgehead atoms. The smallest absolute Gasteiger partial charge is 0.246 e. The minimum atomic E-state index is -0.713. The number of benzene rings is 1. The predicted molar refractivity (Wildman–Crippen MR) is 67.9 cm³/mol. The fourth-order valence-corrected chi connectivity index (χ4v) is 1.66. The monoisotopic (exact) mass is 250 g/mol. The third-order valence-corrected chi connectivity index (χ3v) is 2.48. The van der Waals surface area contributed by atoms with E-state index in [1.807, 2.05) is 31.2 Å². The fourth-order valence-electron chi connectivity index (χ4n) is 1.66. The van der Waals surface area contributed by atoms with Crippen molar-refractivity contribution in [3.05, 3.63) is 35.4 Å². The van der Waals surface area contributed by atoms with Crippen LogP contribution in [0, 0.1) is 6.92 Å². The molecule has 5 heteroatoms. The van der Waals surface area contributed by atoms with Gasteiger partial charge in [0, 0.05) is 13.5 Å². The molecule has 0 saturated carbocycles. The quantitative estimate of drug-likeness (QED) is 0.754. The van der Waals surface area contributed by atoms with Crippen LogP contribution in [0.5, 0.6) is 0 Å². The van der Waals surface area contributed by atoms with Crippen molar-refractivity contribution in [2.24, 2.45) is 5.73 Å². The third-order valence-electron chi connectivity index (χ3n) is 2.48. The average molecular weight is 250 g/mol. The van der Waals surface area contributed by atoms with Gasteiger partial charge >= 0.3 is 0 Å². The standard InChI is InChI=1S/C13H18N2O3/c1-9-4-3-5-10(6-9)7-11(13(14)17)15-12(16)8-18-2/h3-6,11H,7-8H2,1-2H3,(H2,14,17)(H,15,16)/t11-/m0/s1. The Morgan fingerprint density at radius 2 is 2.17 bits per heavy atom. The number of ether oxygens (including phenoxy) is 1. The molecular formula is C13H18N2O3. The normalized spacial score (nSPS) is 11.9. The number of hydrogen-bond donors (Lipinski definition) is 2. The van der Waals surface area contributed by atoms with Crippen LogP contribution in [-0.4, -0.2) is 31.6 Å². The van der Waals surface area contributed by atoms with Gasteiger partial charge in [-0.05, 0) is 12.5 Å². The lowest BCUT2D eigenvalue weighted by Crippen LogP contribution is -2.47. The zero-order valence-corrected chi connectivity index (χ0v) is 10.6.